The predicted molar refractivity (Wildman–Crippen MR) is 170 cm³/mol. The zero-order valence-corrected chi connectivity index (χ0v) is 25.7. The molecular formula is C37H41FN2O4. The molecule has 0 spiro atoms. The third-order valence-corrected chi connectivity index (χ3v) is 9.12. The number of halogens is 1. The van der Waals surface area contributed by atoms with E-state index in [4.69, 9.17) is 4.74 Å². The highest BCUT2D eigenvalue weighted by Crippen LogP contribution is 2.50. The molecule has 0 saturated heterocycles. The molecular weight excluding hydrogens is 555 g/mol. The molecule has 4 aromatic rings. The highest BCUT2D eigenvalue weighted by molar-refractivity contribution is 5.96. The van der Waals surface area contributed by atoms with Gasteiger partial charge in [0, 0.05) is 22.7 Å². The molecule has 6 nitrogen and oxygen atoms in total. The Labute approximate surface area is 258 Å². The van der Waals surface area contributed by atoms with Gasteiger partial charge in [-0.2, -0.15) is 0 Å². The molecule has 1 unspecified atom stereocenters. The Balaban J connectivity index is 1.17. The van der Waals surface area contributed by atoms with Crippen LogP contribution in [0.4, 0.5) is 10.1 Å². The van der Waals surface area contributed by atoms with E-state index in [0.717, 1.165) is 60.9 Å². The average Bonchev–Trinajstić information content (AvgIpc) is 3.41. The first-order chi connectivity index (χ1) is 21.0. The third kappa shape index (κ3) is 6.37. The summed E-state index contributed by atoms with van der Waals surface area (Å²) >= 11 is 0. The first-order valence-corrected chi connectivity index (χ1v) is 15.7. The van der Waals surface area contributed by atoms with Crippen molar-refractivity contribution in [3.8, 4) is 5.88 Å². The number of ether oxygens (including phenoxy) is 1. The number of carbonyl (C=O) groups excluding carboxylic acids is 2. The number of rotatable bonds is 9. The largest absolute Gasteiger partial charge is 0.494 e. The van der Waals surface area contributed by atoms with Crippen LogP contribution in [0.25, 0.3) is 10.8 Å². The topological polar surface area (TPSA) is 80.6 Å². The second-order valence-electron chi connectivity index (χ2n) is 13.7. The minimum Gasteiger partial charge on any atom is -0.494 e. The maximum absolute atomic E-state index is 14.2. The Bertz CT molecular complexity index is 1670. The lowest BCUT2D eigenvalue weighted by Crippen LogP contribution is -2.30. The van der Waals surface area contributed by atoms with E-state index in [2.05, 4.69) is 5.32 Å². The SMILES string of the molecule is CC(C)(C)OC(=O)C1(Cc2cccc(NC(=O)C(c3ccc(Cn4cc5c(F)cccc5c4O)cc3)C3CCCC3)c2)CC1. The van der Waals surface area contributed by atoms with Crippen LogP contribution in [-0.2, 0) is 27.3 Å². The summed E-state index contributed by atoms with van der Waals surface area (Å²) in [4.78, 5) is 26.7. The van der Waals surface area contributed by atoms with Crippen LogP contribution in [0.1, 0.15) is 81.9 Å². The smallest absolute Gasteiger partial charge is 0.312 e. The number of esters is 1. The fourth-order valence-corrected chi connectivity index (χ4v) is 6.67. The zero-order valence-electron chi connectivity index (χ0n) is 25.7. The van der Waals surface area contributed by atoms with Crippen LogP contribution in [0, 0.1) is 17.2 Å². The van der Waals surface area contributed by atoms with Gasteiger partial charge >= 0.3 is 5.97 Å². The monoisotopic (exact) mass is 596 g/mol. The number of carbonyl (C=O) groups is 2. The standard InChI is InChI=1S/C37H41FN2O4/c1-36(2,3)44-35(43)37(18-19-37)21-25-8-6-11-28(20-25)39-33(41)32(26-9-4-5-10-26)27-16-14-24(15-17-27)22-40-23-30-29(34(40)42)12-7-13-31(30)38/h6-8,11-17,20,23,26,32,42H,4-5,9-10,18-19,21-22H2,1-3H3,(H,39,41). The number of benzene rings is 3. The Morgan fingerprint density at radius 3 is 2.36 bits per heavy atom. The van der Waals surface area contributed by atoms with Crippen molar-refractivity contribution in [2.75, 3.05) is 5.32 Å². The maximum Gasteiger partial charge on any atom is 0.312 e. The second kappa shape index (κ2) is 11.8. The van der Waals surface area contributed by atoms with Crippen LogP contribution in [0.15, 0.2) is 72.9 Å². The quantitative estimate of drug-likeness (QED) is 0.191. The van der Waals surface area contributed by atoms with Crippen molar-refractivity contribution in [1.82, 2.24) is 4.57 Å². The number of nitrogens with one attached hydrogen (secondary N) is 1. The van der Waals surface area contributed by atoms with Crippen molar-refractivity contribution >= 4 is 28.3 Å². The van der Waals surface area contributed by atoms with Crippen molar-refractivity contribution in [2.24, 2.45) is 11.3 Å². The molecule has 2 aliphatic rings. The van der Waals surface area contributed by atoms with Crippen LogP contribution in [0.3, 0.4) is 0 Å². The van der Waals surface area contributed by atoms with Gasteiger partial charge in [0.15, 0.2) is 5.88 Å². The van der Waals surface area contributed by atoms with Crippen LogP contribution in [0.2, 0.25) is 0 Å². The summed E-state index contributed by atoms with van der Waals surface area (Å²) in [5.41, 5.74) is 2.66. The second-order valence-corrected chi connectivity index (χ2v) is 13.7. The van der Waals surface area contributed by atoms with Gasteiger partial charge in [-0.1, -0.05) is 55.3 Å². The molecule has 7 heteroatoms. The van der Waals surface area contributed by atoms with Gasteiger partial charge in [-0.15, -0.1) is 0 Å². The molecule has 3 aromatic carbocycles. The summed E-state index contributed by atoms with van der Waals surface area (Å²) in [5.74, 6) is -0.529. The lowest BCUT2D eigenvalue weighted by molar-refractivity contribution is -0.161. The van der Waals surface area contributed by atoms with E-state index in [1.165, 1.54) is 6.07 Å². The molecule has 1 atom stereocenters. The minimum absolute atomic E-state index is 0.0279. The van der Waals surface area contributed by atoms with E-state index in [0.29, 0.717) is 23.7 Å². The van der Waals surface area contributed by atoms with E-state index in [-0.39, 0.29) is 35.4 Å². The van der Waals surface area contributed by atoms with Crippen LogP contribution in [0.5, 0.6) is 5.88 Å². The van der Waals surface area contributed by atoms with Crippen molar-refractivity contribution < 1.29 is 23.8 Å². The van der Waals surface area contributed by atoms with Gasteiger partial charge in [0.1, 0.15) is 11.4 Å². The van der Waals surface area contributed by atoms with Gasteiger partial charge < -0.3 is 19.7 Å². The zero-order chi connectivity index (χ0) is 31.1. The van der Waals surface area contributed by atoms with Gasteiger partial charge in [-0.3, -0.25) is 9.59 Å². The summed E-state index contributed by atoms with van der Waals surface area (Å²) < 4.78 is 21.6. The Hall–Kier alpha value is -4.13. The lowest BCUT2D eigenvalue weighted by Gasteiger charge is -2.24. The number of aromatic hydroxyl groups is 1. The van der Waals surface area contributed by atoms with Crippen LogP contribution >= 0.6 is 0 Å². The molecule has 44 heavy (non-hydrogen) atoms. The van der Waals surface area contributed by atoms with Crippen LogP contribution < -0.4 is 5.32 Å². The van der Waals surface area contributed by atoms with Crippen LogP contribution in [-0.4, -0.2) is 27.2 Å². The molecule has 230 valence electrons. The number of fused-ring (bicyclic) bond motifs is 1. The fraction of sp³-hybridized carbons (Fsp3) is 0.405. The van der Waals surface area contributed by atoms with Crippen molar-refractivity contribution in [1.29, 1.82) is 0 Å². The summed E-state index contributed by atoms with van der Waals surface area (Å²) in [6.07, 6.45) is 8.11. The van der Waals surface area contributed by atoms with Crippen molar-refractivity contribution in [3.05, 3.63) is 95.4 Å². The van der Waals surface area contributed by atoms with Gasteiger partial charge in [0.25, 0.3) is 0 Å². The highest BCUT2D eigenvalue weighted by atomic mass is 19.1. The molecule has 0 radical (unpaired) electrons. The normalized spacial score (nSPS) is 17.0. The molecule has 0 bridgehead atoms. The van der Waals surface area contributed by atoms with E-state index in [1.54, 1.807) is 22.9 Å². The Morgan fingerprint density at radius 1 is 1.00 bits per heavy atom. The Morgan fingerprint density at radius 2 is 1.70 bits per heavy atom. The minimum atomic E-state index is -0.520. The summed E-state index contributed by atoms with van der Waals surface area (Å²) in [6.45, 7) is 6.06. The van der Waals surface area contributed by atoms with Crippen molar-refractivity contribution in [3.63, 3.8) is 0 Å². The Kier molecular flexibility index (Phi) is 7.99. The van der Waals surface area contributed by atoms with Gasteiger partial charge in [0.2, 0.25) is 5.91 Å². The summed E-state index contributed by atoms with van der Waals surface area (Å²) in [6, 6.07) is 20.5. The number of hydrogen-bond acceptors (Lipinski definition) is 4. The average molecular weight is 597 g/mol. The third-order valence-electron chi connectivity index (χ3n) is 9.12. The van der Waals surface area contributed by atoms with Gasteiger partial charge in [-0.25, -0.2) is 4.39 Å². The van der Waals surface area contributed by atoms with E-state index in [9.17, 15) is 19.1 Å². The number of hydrogen-bond donors (Lipinski definition) is 2. The summed E-state index contributed by atoms with van der Waals surface area (Å²) in [5, 5.41) is 14.7. The molecule has 0 aliphatic heterocycles. The highest BCUT2D eigenvalue weighted by Gasteiger charge is 2.52. The molecule has 1 aromatic heterocycles. The van der Waals surface area contributed by atoms with Crippen molar-refractivity contribution in [2.45, 2.75) is 83.8 Å². The van der Waals surface area contributed by atoms with E-state index in [1.807, 2.05) is 69.3 Å². The molecule has 1 heterocycles. The molecule has 2 aliphatic carbocycles. The molecule has 2 saturated carbocycles. The molecule has 6 rings (SSSR count). The molecule has 1 amide bonds. The number of anilines is 1. The number of nitrogens with zero attached hydrogens (tertiary/aromatic N) is 1. The first-order valence-electron chi connectivity index (χ1n) is 15.7. The van der Waals surface area contributed by atoms with Gasteiger partial charge in [-0.05, 0) is 99.7 Å². The number of amides is 1. The van der Waals surface area contributed by atoms with E-state index >= 15 is 0 Å². The first kappa shape index (κ1) is 29.9. The lowest BCUT2D eigenvalue weighted by atomic mass is 9.83. The molecule has 2 fully saturated rings. The fourth-order valence-electron chi connectivity index (χ4n) is 6.67. The summed E-state index contributed by atoms with van der Waals surface area (Å²) in [7, 11) is 0. The predicted octanol–water partition coefficient (Wildman–Crippen LogP) is 8.11. The number of aromatic nitrogens is 1. The molecule has 2 N–H and O–H groups in total. The van der Waals surface area contributed by atoms with E-state index < -0.39 is 11.0 Å². The maximum atomic E-state index is 14.2. The van der Waals surface area contributed by atoms with Gasteiger partial charge in [0.05, 0.1) is 17.9 Å².